The minimum absolute atomic E-state index is 0.0359. The van der Waals surface area contributed by atoms with Crippen molar-refractivity contribution in [1.82, 2.24) is 115 Å². The molecule has 33 nitrogen and oxygen atoms in total. The van der Waals surface area contributed by atoms with E-state index in [4.69, 9.17) is 0 Å². The summed E-state index contributed by atoms with van der Waals surface area (Å²) in [6, 6.07) is 42.2. The molecule has 0 bridgehead atoms. The first-order chi connectivity index (χ1) is 66.8. The molecule has 0 atom stereocenters. The van der Waals surface area contributed by atoms with E-state index in [1.54, 1.807) is 123 Å². The van der Waals surface area contributed by atoms with Crippen LogP contribution in [0.1, 0.15) is 254 Å². The molecule has 20 rings (SSSR count). The highest BCUT2D eigenvalue weighted by Gasteiger charge is 2.18. The van der Waals surface area contributed by atoms with Crippen LogP contribution in [0.2, 0.25) is 0 Å². The number of fused-ring (bicyclic) bond motifs is 10. The van der Waals surface area contributed by atoms with E-state index in [1.807, 2.05) is 216 Å². The maximum Gasteiger partial charge on any atom is 0.253 e. The molecule has 0 radical (unpaired) electrons. The second kappa shape index (κ2) is 48.2. The molecular weight excluding hydrogens is 1770 g/mol. The molecule has 10 N–H and O–H groups in total. The summed E-state index contributed by atoms with van der Waals surface area (Å²) in [4.78, 5) is 127. The van der Waals surface area contributed by atoms with Crippen LogP contribution < -0.4 is 22.2 Å². The van der Waals surface area contributed by atoms with Gasteiger partial charge in [0.1, 0.15) is 80.6 Å². The summed E-state index contributed by atoms with van der Waals surface area (Å²) in [5, 5.41) is 71.5. The van der Waals surface area contributed by atoms with E-state index in [0.29, 0.717) is 85.3 Å². The van der Waals surface area contributed by atoms with E-state index in [9.17, 15) is 49.8 Å². The van der Waals surface area contributed by atoms with Crippen molar-refractivity contribution in [3.8, 4) is 34.5 Å². The van der Waals surface area contributed by atoms with Crippen LogP contribution in [0.3, 0.4) is 0 Å². The van der Waals surface area contributed by atoms with Crippen molar-refractivity contribution in [1.29, 1.82) is 0 Å². The second-order valence-electron chi connectivity index (χ2n) is 35.9. The van der Waals surface area contributed by atoms with Gasteiger partial charge >= 0.3 is 0 Å². The Kier molecular flexibility index (Phi) is 35.8. The number of hydrogen-bond acceptors (Lipinski definition) is 29. The average Bonchev–Trinajstić information content (AvgIpc) is 0.874. The normalized spacial score (nSPS) is 11.1. The molecule has 20 aromatic rings. The molecule has 0 fully saturated rings. The third-order valence-electron chi connectivity index (χ3n) is 21.8. The first-order valence-electron chi connectivity index (χ1n) is 46.0. The Hall–Kier alpha value is -16.6. The number of aromatic hydroxyl groups is 6. The smallest absolute Gasteiger partial charge is 0.253 e. The molecule has 140 heavy (non-hydrogen) atoms. The third-order valence-corrected chi connectivity index (χ3v) is 21.8. The van der Waals surface area contributed by atoms with E-state index in [2.05, 4.69) is 129 Å². The fourth-order valence-electron chi connectivity index (χ4n) is 14.4. The average molecular weight is 1890 g/mol. The third kappa shape index (κ3) is 27.4. The van der Waals surface area contributed by atoms with Crippen LogP contribution in [0, 0.1) is 0 Å². The molecule has 18 aromatic heterocycles. The number of H-pyrrole nitrogens is 4. The molecule has 0 aliphatic heterocycles. The van der Waals surface area contributed by atoms with Gasteiger partial charge in [0.2, 0.25) is 0 Å². The Labute approximate surface area is 807 Å². The van der Waals surface area contributed by atoms with E-state index in [-0.39, 0.29) is 92.6 Å². The van der Waals surface area contributed by atoms with Crippen molar-refractivity contribution in [3.05, 3.63) is 324 Å². The lowest BCUT2D eigenvalue weighted by atomic mass is 10.00. The summed E-state index contributed by atoms with van der Waals surface area (Å²) in [7, 11) is 0. The number of benzene rings is 2. The SMILES string of the molecule is CC(C)c1cc2cccnc2[nH]c1=O.CC(C)c1cc2cccnc2[nH]c1=O.CC(C)c1cc2cccnc2cc1O.CC(C)c1cc2cncnc2[nH]c1=O.CC(C)c1cc2cncnc2cc1O.CC(C)c1cc2nccnc2[nH]c1=O.CC(C)c1nc2cccnc2cc1O.CC(C)c1nc2ccnnc2cc1O.CC(C)c1nc2ncccc2cc1O.CC(C)c1nc2nccnc2cc1O. The Morgan fingerprint density at radius 1 is 0.229 bits per heavy atom. The van der Waals surface area contributed by atoms with Crippen LogP contribution in [-0.2, 0) is 0 Å². The maximum absolute atomic E-state index is 11.6. The molecule has 0 spiro atoms. The van der Waals surface area contributed by atoms with Gasteiger partial charge in [0.15, 0.2) is 16.9 Å². The molecular formula is C107H117N23O10. The molecule has 18 heterocycles. The van der Waals surface area contributed by atoms with Gasteiger partial charge in [-0.2, -0.15) is 5.10 Å². The maximum atomic E-state index is 11.6. The van der Waals surface area contributed by atoms with Gasteiger partial charge in [0.05, 0.1) is 56.6 Å². The highest BCUT2D eigenvalue weighted by atomic mass is 16.3. The van der Waals surface area contributed by atoms with Crippen LogP contribution >= 0.6 is 0 Å². The minimum Gasteiger partial charge on any atom is -0.508 e. The summed E-state index contributed by atoms with van der Waals surface area (Å²) in [6.45, 7) is 40.1. The number of nitrogens with one attached hydrogen (secondary N) is 4. The van der Waals surface area contributed by atoms with Crippen LogP contribution in [-0.4, -0.2) is 146 Å². The van der Waals surface area contributed by atoms with Gasteiger partial charge in [-0.25, -0.2) is 64.8 Å². The lowest BCUT2D eigenvalue weighted by Gasteiger charge is -2.09. The predicted octanol–water partition coefficient (Wildman–Crippen LogP) is 21.1. The first-order valence-corrected chi connectivity index (χ1v) is 46.0. The summed E-state index contributed by atoms with van der Waals surface area (Å²) in [6.07, 6.45) is 22.8. The molecule has 0 saturated carbocycles. The fraction of sp³-hybridized carbons (Fsp3) is 0.280. The number of pyridine rings is 13. The van der Waals surface area contributed by atoms with Gasteiger partial charge in [0, 0.05) is 153 Å². The van der Waals surface area contributed by atoms with Crippen LogP contribution in [0.5, 0.6) is 34.5 Å². The molecule has 0 unspecified atom stereocenters. The topological polar surface area (TPSA) is 498 Å². The van der Waals surface area contributed by atoms with E-state index in [1.165, 1.54) is 12.7 Å². The number of phenols is 2. The van der Waals surface area contributed by atoms with Gasteiger partial charge in [-0.1, -0.05) is 145 Å². The Bertz CT molecular complexity index is 6850. The van der Waals surface area contributed by atoms with Gasteiger partial charge < -0.3 is 50.6 Å². The number of aromatic nitrogens is 23. The lowest BCUT2D eigenvalue weighted by Crippen LogP contribution is -2.14. The summed E-state index contributed by atoms with van der Waals surface area (Å²) in [5.74, 6) is 3.85. The zero-order valence-electron chi connectivity index (χ0n) is 81.9. The largest absolute Gasteiger partial charge is 0.508 e. The Morgan fingerprint density at radius 3 is 1.09 bits per heavy atom. The number of nitrogens with zero attached hydrogens (tertiary/aromatic N) is 19. The summed E-state index contributed by atoms with van der Waals surface area (Å²) in [5.41, 5.74) is 17.3. The zero-order valence-corrected chi connectivity index (χ0v) is 81.9. The van der Waals surface area contributed by atoms with Gasteiger partial charge in [0.25, 0.3) is 22.2 Å². The van der Waals surface area contributed by atoms with Crippen molar-refractivity contribution in [2.24, 2.45) is 0 Å². The predicted molar refractivity (Wildman–Crippen MR) is 551 cm³/mol. The highest BCUT2D eigenvalue weighted by molar-refractivity contribution is 5.84. The fourth-order valence-corrected chi connectivity index (χ4v) is 14.4. The standard InChI is InChI=1S/C12H13NO.5C11H12N2O.4C10H11N3O/c1-8(2)10-6-9-4-3-5-13-11(9)7-12(10)14;1-7(2)9-3-8-5-12-6-13-10(8)4-11(9)14;1-7(2)11-10(14)6-9-8(13-11)4-3-5-12-9;1-7(2)10-9(14)6-8-4-3-5-12-11(8)13-10;2*1-7(2)9-6-8-4-3-5-12-10(8)13-11(9)14;1-6(2)8-3-7-4-11-5-12-9(7)13-10(8)14;1-6(2)9-8(14)5-7-10(13-9)12-4-3-11-7;1-6(2)7-5-8-9(13-10(7)14)12-4-3-11-8;1-6(2)10-9(14)5-8-7(12-10)3-4-11-13-8/h3-8,14H,1-2H3;3*3-7,14H,1-2H3;2*3-7H,1-2H3,(H,12,13,14);3-6H,1-2H3,(H,11,12,13,14);3-6,14H,1-2H3;3-6H,1-2H3,(H,12,13,14);3-6,14H,1-2H3. The number of hydrogen-bond donors (Lipinski definition) is 10. The molecule has 33 heteroatoms. The highest BCUT2D eigenvalue weighted by Crippen LogP contribution is 2.34. The first kappa shape index (κ1) is 104. The Balaban J connectivity index is 0.000000149. The molecule has 0 aliphatic rings. The van der Waals surface area contributed by atoms with E-state index < -0.39 is 0 Å². The molecule has 720 valence electrons. The van der Waals surface area contributed by atoms with Gasteiger partial charge in [-0.3, -0.25) is 39.1 Å². The van der Waals surface area contributed by atoms with E-state index in [0.717, 1.165) is 104 Å². The summed E-state index contributed by atoms with van der Waals surface area (Å²) < 4.78 is 0. The summed E-state index contributed by atoms with van der Waals surface area (Å²) >= 11 is 0. The van der Waals surface area contributed by atoms with Crippen LogP contribution in [0.15, 0.2) is 246 Å². The van der Waals surface area contributed by atoms with Crippen molar-refractivity contribution in [3.63, 3.8) is 0 Å². The number of rotatable bonds is 10. The number of aromatic amines is 4. The lowest BCUT2D eigenvalue weighted by molar-refractivity contribution is 0.460. The second-order valence-corrected chi connectivity index (χ2v) is 35.9. The van der Waals surface area contributed by atoms with Crippen molar-refractivity contribution in [2.75, 3.05) is 0 Å². The van der Waals surface area contributed by atoms with Crippen LogP contribution in [0.4, 0.5) is 0 Å². The molecule has 0 aliphatic carbocycles. The van der Waals surface area contributed by atoms with Gasteiger partial charge in [-0.15, -0.1) is 5.10 Å². The Morgan fingerprint density at radius 2 is 0.564 bits per heavy atom. The molecule has 0 amide bonds. The van der Waals surface area contributed by atoms with Crippen molar-refractivity contribution >= 4 is 110 Å². The molecule has 2 aromatic carbocycles. The minimum atomic E-state index is -0.0759. The van der Waals surface area contributed by atoms with E-state index >= 15 is 0 Å². The van der Waals surface area contributed by atoms with Crippen molar-refractivity contribution < 1.29 is 30.6 Å². The van der Waals surface area contributed by atoms with Crippen LogP contribution in [0.25, 0.3) is 110 Å². The molecule has 0 saturated heterocycles. The zero-order chi connectivity index (χ0) is 101. The monoisotopic (exact) mass is 1880 g/mol. The number of phenolic OH excluding ortho intramolecular Hbond substituents is 2. The van der Waals surface area contributed by atoms with Crippen molar-refractivity contribution in [2.45, 2.75) is 198 Å². The quantitative estimate of drug-likeness (QED) is 0.0608. The van der Waals surface area contributed by atoms with Gasteiger partial charge in [-0.05, 0) is 173 Å².